The highest BCUT2D eigenvalue weighted by Gasteiger charge is 2.12. The van der Waals surface area contributed by atoms with Crippen molar-refractivity contribution in [1.29, 1.82) is 5.26 Å². The van der Waals surface area contributed by atoms with Gasteiger partial charge in [0.2, 0.25) is 5.71 Å². The molecular formula is C23H11N3O2. The number of hydrogen-bond donors (Lipinski definition) is 0. The standard InChI is InChI=1S/C23H11N3O2/c24-12-13-1-4-19-16(9-13)17-10-14(2-5-20(17)27-19)15-3-6-21-18(11-15)22-23(28-21)26-8-7-25-22/h1-11H. The Kier molecular flexibility index (Phi) is 2.89. The van der Waals surface area contributed by atoms with E-state index in [2.05, 4.69) is 28.2 Å². The van der Waals surface area contributed by atoms with E-state index in [1.54, 1.807) is 18.5 Å². The van der Waals surface area contributed by atoms with Crippen LogP contribution in [-0.4, -0.2) is 9.97 Å². The third-order valence-electron chi connectivity index (χ3n) is 5.04. The van der Waals surface area contributed by atoms with E-state index in [0.717, 1.165) is 49.6 Å². The molecule has 0 aliphatic rings. The van der Waals surface area contributed by atoms with Crippen LogP contribution in [-0.2, 0) is 0 Å². The highest BCUT2D eigenvalue weighted by atomic mass is 16.3. The lowest BCUT2D eigenvalue weighted by Gasteiger charge is -2.02. The average Bonchev–Trinajstić information content (AvgIpc) is 3.30. The van der Waals surface area contributed by atoms with E-state index < -0.39 is 0 Å². The Morgan fingerprint density at radius 3 is 2.11 bits per heavy atom. The molecule has 6 rings (SSSR count). The van der Waals surface area contributed by atoms with E-state index in [9.17, 15) is 5.26 Å². The predicted molar refractivity (Wildman–Crippen MR) is 107 cm³/mol. The molecule has 0 fully saturated rings. The first-order valence-corrected chi connectivity index (χ1v) is 8.80. The van der Waals surface area contributed by atoms with Gasteiger partial charge in [-0.3, -0.25) is 0 Å². The Morgan fingerprint density at radius 1 is 0.679 bits per heavy atom. The van der Waals surface area contributed by atoms with Crippen molar-refractivity contribution in [2.24, 2.45) is 0 Å². The molecule has 3 aromatic heterocycles. The molecule has 3 aromatic carbocycles. The van der Waals surface area contributed by atoms with E-state index in [0.29, 0.717) is 11.3 Å². The third-order valence-corrected chi connectivity index (χ3v) is 5.04. The molecule has 0 radical (unpaired) electrons. The fourth-order valence-corrected chi connectivity index (χ4v) is 3.70. The molecule has 0 saturated heterocycles. The smallest absolute Gasteiger partial charge is 0.246 e. The molecule has 28 heavy (non-hydrogen) atoms. The molecule has 6 aromatic rings. The summed E-state index contributed by atoms with van der Waals surface area (Å²) in [6.45, 7) is 0. The van der Waals surface area contributed by atoms with Gasteiger partial charge in [0.1, 0.15) is 22.3 Å². The summed E-state index contributed by atoms with van der Waals surface area (Å²) in [5.41, 5.74) is 6.35. The van der Waals surface area contributed by atoms with Crippen LogP contribution in [0.3, 0.4) is 0 Å². The molecule has 0 saturated carbocycles. The number of rotatable bonds is 1. The number of aromatic nitrogens is 2. The fourth-order valence-electron chi connectivity index (χ4n) is 3.70. The molecule has 0 atom stereocenters. The Hall–Kier alpha value is -4.17. The first kappa shape index (κ1) is 14.9. The summed E-state index contributed by atoms with van der Waals surface area (Å²) in [4.78, 5) is 8.64. The van der Waals surface area contributed by atoms with E-state index in [4.69, 9.17) is 8.83 Å². The second-order valence-corrected chi connectivity index (χ2v) is 6.66. The van der Waals surface area contributed by atoms with Crippen LogP contribution < -0.4 is 0 Å². The van der Waals surface area contributed by atoms with E-state index in [1.165, 1.54) is 0 Å². The van der Waals surface area contributed by atoms with Gasteiger partial charge in [-0.15, -0.1) is 0 Å². The van der Waals surface area contributed by atoms with Gasteiger partial charge < -0.3 is 8.83 Å². The molecular weight excluding hydrogens is 350 g/mol. The van der Waals surface area contributed by atoms with Crippen LogP contribution in [0.2, 0.25) is 0 Å². The zero-order valence-corrected chi connectivity index (χ0v) is 14.5. The van der Waals surface area contributed by atoms with Gasteiger partial charge >= 0.3 is 0 Å². The largest absolute Gasteiger partial charge is 0.456 e. The van der Waals surface area contributed by atoms with Crippen LogP contribution in [0.1, 0.15) is 5.56 Å². The SMILES string of the molecule is N#Cc1ccc2oc3ccc(-c4ccc5oc6nccnc6c5c4)cc3c2c1. The van der Waals surface area contributed by atoms with Gasteiger partial charge in [-0.25, -0.2) is 9.97 Å². The van der Waals surface area contributed by atoms with Gasteiger partial charge in [0.15, 0.2) is 0 Å². The maximum atomic E-state index is 9.21. The van der Waals surface area contributed by atoms with Crippen molar-refractivity contribution >= 4 is 44.1 Å². The highest BCUT2D eigenvalue weighted by Crippen LogP contribution is 2.35. The Bertz CT molecular complexity index is 1580. The van der Waals surface area contributed by atoms with Crippen LogP contribution in [0.5, 0.6) is 0 Å². The zero-order valence-electron chi connectivity index (χ0n) is 14.5. The van der Waals surface area contributed by atoms with Crippen molar-refractivity contribution in [3.8, 4) is 17.2 Å². The second-order valence-electron chi connectivity index (χ2n) is 6.66. The van der Waals surface area contributed by atoms with Crippen molar-refractivity contribution in [3.63, 3.8) is 0 Å². The van der Waals surface area contributed by atoms with Crippen LogP contribution >= 0.6 is 0 Å². The fraction of sp³-hybridized carbons (Fsp3) is 0. The lowest BCUT2D eigenvalue weighted by atomic mass is 10.0. The van der Waals surface area contributed by atoms with Gasteiger partial charge in [0.05, 0.1) is 11.6 Å². The van der Waals surface area contributed by atoms with Crippen LogP contribution in [0.4, 0.5) is 0 Å². The summed E-state index contributed by atoms with van der Waals surface area (Å²) in [5, 5.41) is 12.1. The van der Waals surface area contributed by atoms with Gasteiger partial charge in [0.25, 0.3) is 0 Å². The maximum absolute atomic E-state index is 9.21. The molecule has 0 aliphatic carbocycles. The monoisotopic (exact) mass is 361 g/mol. The van der Waals surface area contributed by atoms with Gasteiger partial charge in [0, 0.05) is 28.6 Å². The minimum Gasteiger partial charge on any atom is -0.456 e. The average molecular weight is 361 g/mol. The Labute approximate surface area is 158 Å². The number of hydrogen-bond acceptors (Lipinski definition) is 5. The molecule has 0 unspecified atom stereocenters. The van der Waals surface area contributed by atoms with E-state index >= 15 is 0 Å². The molecule has 130 valence electrons. The number of furan rings is 2. The van der Waals surface area contributed by atoms with Crippen molar-refractivity contribution < 1.29 is 8.83 Å². The molecule has 0 amide bonds. The Morgan fingerprint density at radius 2 is 1.32 bits per heavy atom. The van der Waals surface area contributed by atoms with Crippen LogP contribution in [0.15, 0.2) is 75.8 Å². The predicted octanol–water partition coefficient (Wildman–Crippen LogP) is 5.81. The molecule has 5 nitrogen and oxygen atoms in total. The molecule has 0 aliphatic heterocycles. The number of benzene rings is 3. The quantitative estimate of drug-likeness (QED) is 0.369. The molecule has 5 heteroatoms. The molecule has 0 spiro atoms. The molecule has 3 heterocycles. The molecule has 0 bridgehead atoms. The van der Waals surface area contributed by atoms with Gasteiger partial charge in [-0.1, -0.05) is 12.1 Å². The van der Waals surface area contributed by atoms with Crippen molar-refractivity contribution in [2.45, 2.75) is 0 Å². The summed E-state index contributed by atoms with van der Waals surface area (Å²) < 4.78 is 11.7. The Balaban J connectivity index is 1.60. The summed E-state index contributed by atoms with van der Waals surface area (Å²) in [7, 11) is 0. The maximum Gasteiger partial charge on any atom is 0.246 e. The van der Waals surface area contributed by atoms with E-state index in [1.807, 2.05) is 36.4 Å². The first-order valence-electron chi connectivity index (χ1n) is 8.80. The highest BCUT2D eigenvalue weighted by molar-refractivity contribution is 6.07. The van der Waals surface area contributed by atoms with Crippen molar-refractivity contribution in [2.75, 3.05) is 0 Å². The molecule has 0 N–H and O–H groups in total. The second kappa shape index (κ2) is 5.41. The van der Waals surface area contributed by atoms with Crippen molar-refractivity contribution in [3.05, 3.63) is 72.6 Å². The lowest BCUT2D eigenvalue weighted by molar-refractivity contribution is 0.653. The van der Waals surface area contributed by atoms with Gasteiger partial charge in [-0.2, -0.15) is 5.26 Å². The third kappa shape index (κ3) is 2.06. The summed E-state index contributed by atoms with van der Waals surface area (Å²) in [6.07, 6.45) is 3.29. The minimum absolute atomic E-state index is 0.537. The zero-order chi connectivity index (χ0) is 18.7. The minimum atomic E-state index is 0.537. The lowest BCUT2D eigenvalue weighted by Crippen LogP contribution is -1.79. The normalized spacial score (nSPS) is 11.5. The van der Waals surface area contributed by atoms with Crippen LogP contribution in [0.25, 0.3) is 55.3 Å². The van der Waals surface area contributed by atoms with Crippen LogP contribution in [0, 0.1) is 11.3 Å². The summed E-state index contributed by atoms with van der Waals surface area (Å²) >= 11 is 0. The van der Waals surface area contributed by atoms with Gasteiger partial charge in [-0.05, 0) is 53.6 Å². The number of nitrogens with zero attached hydrogens (tertiary/aromatic N) is 3. The number of fused-ring (bicyclic) bond motifs is 6. The first-order chi connectivity index (χ1) is 13.8. The summed E-state index contributed by atoms with van der Waals surface area (Å²) in [6, 6.07) is 19.8. The van der Waals surface area contributed by atoms with E-state index in [-0.39, 0.29) is 0 Å². The number of nitriles is 1. The topological polar surface area (TPSA) is 75.8 Å². The summed E-state index contributed by atoms with van der Waals surface area (Å²) in [5.74, 6) is 0. The van der Waals surface area contributed by atoms with Crippen molar-refractivity contribution in [1.82, 2.24) is 9.97 Å².